The smallest absolute Gasteiger partial charge is 0.300 e. The zero-order valence-electron chi connectivity index (χ0n) is 21.1. The van der Waals surface area contributed by atoms with Crippen LogP contribution < -0.4 is 14.4 Å². The van der Waals surface area contributed by atoms with E-state index in [-0.39, 0.29) is 11.3 Å². The maximum atomic E-state index is 13.4. The molecule has 2 heterocycles. The summed E-state index contributed by atoms with van der Waals surface area (Å²) in [4.78, 5) is 28.9. The van der Waals surface area contributed by atoms with Gasteiger partial charge in [0.25, 0.3) is 11.7 Å². The van der Waals surface area contributed by atoms with E-state index in [1.54, 1.807) is 48.5 Å². The normalized spacial score (nSPS) is 16.6. The lowest BCUT2D eigenvalue weighted by Gasteiger charge is -2.24. The van der Waals surface area contributed by atoms with Gasteiger partial charge in [0, 0.05) is 16.1 Å². The Morgan fingerprint density at radius 2 is 1.68 bits per heavy atom. The van der Waals surface area contributed by atoms with Crippen molar-refractivity contribution in [2.75, 3.05) is 11.5 Å². The van der Waals surface area contributed by atoms with Crippen LogP contribution in [0.1, 0.15) is 35.4 Å². The van der Waals surface area contributed by atoms with Gasteiger partial charge in [0.15, 0.2) is 0 Å². The number of hydrogen-bond donors (Lipinski definition) is 1. The maximum Gasteiger partial charge on any atom is 0.300 e. The van der Waals surface area contributed by atoms with Crippen molar-refractivity contribution in [2.24, 2.45) is 0 Å². The van der Waals surface area contributed by atoms with E-state index >= 15 is 0 Å². The van der Waals surface area contributed by atoms with Crippen molar-refractivity contribution >= 4 is 34.5 Å². The van der Waals surface area contributed by atoms with Crippen molar-refractivity contribution in [2.45, 2.75) is 26.3 Å². The second-order valence-corrected chi connectivity index (χ2v) is 9.95. The fourth-order valence-electron chi connectivity index (χ4n) is 4.41. The molecule has 0 bridgehead atoms. The molecule has 1 N–H and O–H groups in total. The fourth-order valence-corrected chi connectivity index (χ4v) is 5.24. The standard InChI is InChI=1S/C31H27NO5S/c1-3-16-36-24-9-5-8-21(19-24)29(33)27-28(26-11-6-17-38-26)32(31(35)30(27)34)22-12-14-23(15-13-22)37-25-10-4-7-20(2)18-25/h4-15,17-19,28,33H,3,16H2,1-2H3/b29-27-. The van der Waals surface area contributed by atoms with Crippen molar-refractivity contribution in [3.05, 3.63) is 112 Å². The Morgan fingerprint density at radius 1 is 0.921 bits per heavy atom. The molecule has 1 amide bonds. The molecule has 0 saturated carbocycles. The van der Waals surface area contributed by atoms with E-state index in [2.05, 4.69) is 0 Å². The lowest BCUT2D eigenvalue weighted by atomic mass is 9.99. The molecule has 192 valence electrons. The number of ketones is 1. The van der Waals surface area contributed by atoms with Gasteiger partial charge in [0.05, 0.1) is 12.2 Å². The average Bonchev–Trinajstić information content (AvgIpc) is 3.54. The van der Waals surface area contributed by atoms with Gasteiger partial charge in [-0.1, -0.05) is 37.3 Å². The number of amides is 1. The van der Waals surface area contributed by atoms with Crippen LogP contribution in [0.4, 0.5) is 5.69 Å². The molecular weight excluding hydrogens is 498 g/mol. The second-order valence-electron chi connectivity index (χ2n) is 8.97. The zero-order valence-corrected chi connectivity index (χ0v) is 21.9. The van der Waals surface area contributed by atoms with Gasteiger partial charge < -0.3 is 14.6 Å². The number of benzene rings is 3. The Hall–Kier alpha value is -4.36. The number of hydrogen-bond acceptors (Lipinski definition) is 6. The molecule has 5 rings (SSSR count). The van der Waals surface area contributed by atoms with Crippen LogP contribution in [0.15, 0.2) is 95.9 Å². The number of aryl methyl sites for hydroxylation is 1. The summed E-state index contributed by atoms with van der Waals surface area (Å²) < 4.78 is 11.7. The molecule has 1 aliphatic rings. The molecule has 4 aromatic rings. The van der Waals surface area contributed by atoms with Crippen molar-refractivity contribution in [1.82, 2.24) is 0 Å². The third-order valence-corrected chi connectivity index (χ3v) is 7.10. The van der Waals surface area contributed by atoms with E-state index in [1.807, 2.05) is 55.6 Å². The first-order chi connectivity index (χ1) is 18.5. The summed E-state index contributed by atoms with van der Waals surface area (Å²) >= 11 is 1.42. The fraction of sp³-hybridized carbons (Fsp3) is 0.161. The Labute approximate surface area is 225 Å². The van der Waals surface area contributed by atoms with Crippen LogP contribution >= 0.6 is 11.3 Å². The highest BCUT2D eigenvalue weighted by atomic mass is 32.1. The molecule has 0 spiro atoms. The number of carbonyl (C=O) groups is 2. The molecule has 7 heteroatoms. The van der Waals surface area contributed by atoms with Crippen LogP contribution in [0.3, 0.4) is 0 Å². The van der Waals surface area contributed by atoms with Crippen LogP contribution in [-0.2, 0) is 9.59 Å². The van der Waals surface area contributed by atoms with E-state index in [4.69, 9.17) is 9.47 Å². The number of nitrogens with zero attached hydrogens (tertiary/aromatic N) is 1. The largest absolute Gasteiger partial charge is 0.507 e. The highest BCUT2D eigenvalue weighted by Gasteiger charge is 2.47. The molecule has 1 aromatic heterocycles. The first-order valence-corrected chi connectivity index (χ1v) is 13.3. The number of Topliss-reactive ketones (excluding diaryl/α,β-unsaturated/α-hetero) is 1. The summed E-state index contributed by atoms with van der Waals surface area (Å²) in [6.45, 7) is 4.53. The maximum absolute atomic E-state index is 13.4. The van der Waals surface area contributed by atoms with Crippen molar-refractivity contribution < 1.29 is 24.2 Å². The van der Waals surface area contributed by atoms with Crippen molar-refractivity contribution in [3.8, 4) is 17.2 Å². The quantitative estimate of drug-likeness (QED) is 0.149. The zero-order chi connectivity index (χ0) is 26.6. The molecule has 6 nitrogen and oxygen atoms in total. The Bertz CT molecular complexity index is 1490. The van der Waals surface area contributed by atoms with Crippen molar-refractivity contribution in [1.29, 1.82) is 0 Å². The van der Waals surface area contributed by atoms with Gasteiger partial charge in [0.1, 0.15) is 29.0 Å². The number of rotatable bonds is 8. The molecule has 1 atom stereocenters. The van der Waals surface area contributed by atoms with Crippen LogP contribution in [-0.4, -0.2) is 23.4 Å². The minimum absolute atomic E-state index is 0.0465. The number of aliphatic hydroxyl groups excluding tert-OH is 1. The molecule has 0 aliphatic carbocycles. The van der Waals surface area contributed by atoms with Crippen LogP contribution in [0.5, 0.6) is 17.2 Å². The predicted octanol–water partition coefficient (Wildman–Crippen LogP) is 7.26. The number of aliphatic hydroxyl groups is 1. The van der Waals surface area contributed by atoms with E-state index < -0.39 is 17.7 Å². The summed E-state index contributed by atoms with van der Waals surface area (Å²) in [6.07, 6.45) is 0.842. The molecular formula is C31H27NO5S. The first kappa shape index (κ1) is 25.3. The molecule has 38 heavy (non-hydrogen) atoms. The Kier molecular flexibility index (Phi) is 7.29. The van der Waals surface area contributed by atoms with Gasteiger partial charge in [-0.15, -0.1) is 11.3 Å². The van der Waals surface area contributed by atoms with E-state index in [0.717, 1.165) is 16.9 Å². The summed E-state index contributed by atoms with van der Waals surface area (Å²) in [6, 6.07) is 24.6. The molecule has 0 radical (unpaired) electrons. The first-order valence-electron chi connectivity index (χ1n) is 12.4. The van der Waals surface area contributed by atoms with Gasteiger partial charge in [0.2, 0.25) is 0 Å². The monoisotopic (exact) mass is 525 g/mol. The summed E-state index contributed by atoms with van der Waals surface area (Å²) in [5.74, 6) is 0.235. The summed E-state index contributed by atoms with van der Waals surface area (Å²) in [5.41, 5.74) is 2.08. The third kappa shape index (κ3) is 5.06. The number of thiophene rings is 1. The highest BCUT2D eigenvalue weighted by molar-refractivity contribution is 7.10. The van der Waals surface area contributed by atoms with Gasteiger partial charge in [-0.25, -0.2) is 0 Å². The van der Waals surface area contributed by atoms with Gasteiger partial charge in [-0.2, -0.15) is 0 Å². The third-order valence-electron chi connectivity index (χ3n) is 6.18. The topological polar surface area (TPSA) is 76.1 Å². The van der Waals surface area contributed by atoms with Gasteiger partial charge >= 0.3 is 0 Å². The average molecular weight is 526 g/mol. The Morgan fingerprint density at radius 3 is 2.39 bits per heavy atom. The molecule has 1 aliphatic heterocycles. The van der Waals surface area contributed by atoms with E-state index in [0.29, 0.717) is 35.1 Å². The lowest BCUT2D eigenvalue weighted by Crippen LogP contribution is -2.29. The van der Waals surface area contributed by atoms with Crippen LogP contribution in [0, 0.1) is 6.92 Å². The summed E-state index contributed by atoms with van der Waals surface area (Å²) in [5, 5.41) is 13.2. The highest BCUT2D eigenvalue weighted by Crippen LogP contribution is 2.44. The van der Waals surface area contributed by atoms with E-state index in [9.17, 15) is 14.7 Å². The molecule has 1 unspecified atom stereocenters. The van der Waals surface area contributed by atoms with Crippen LogP contribution in [0.25, 0.3) is 5.76 Å². The van der Waals surface area contributed by atoms with E-state index in [1.165, 1.54) is 16.2 Å². The second kappa shape index (κ2) is 10.9. The molecule has 3 aromatic carbocycles. The van der Waals surface area contributed by atoms with Crippen LogP contribution in [0.2, 0.25) is 0 Å². The Balaban J connectivity index is 1.52. The number of ether oxygens (including phenoxy) is 2. The number of carbonyl (C=O) groups excluding carboxylic acids is 2. The van der Waals surface area contributed by atoms with Gasteiger partial charge in [-0.05, 0) is 78.9 Å². The summed E-state index contributed by atoms with van der Waals surface area (Å²) in [7, 11) is 0. The molecule has 1 fully saturated rings. The van der Waals surface area contributed by atoms with Crippen molar-refractivity contribution in [3.63, 3.8) is 0 Å². The number of anilines is 1. The minimum Gasteiger partial charge on any atom is -0.507 e. The predicted molar refractivity (Wildman–Crippen MR) is 149 cm³/mol. The minimum atomic E-state index is -0.765. The SMILES string of the molecule is CCCOc1cccc(/C(O)=C2/C(=O)C(=O)N(c3ccc(Oc4cccc(C)c4)cc3)C2c2cccs2)c1. The van der Waals surface area contributed by atoms with Gasteiger partial charge in [-0.3, -0.25) is 14.5 Å². The lowest BCUT2D eigenvalue weighted by molar-refractivity contribution is -0.132. The molecule has 1 saturated heterocycles.